The van der Waals surface area contributed by atoms with Crippen LogP contribution in [0.4, 0.5) is 5.69 Å². The molecule has 0 aromatic carbocycles. The fourth-order valence-corrected chi connectivity index (χ4v) is 5.72. The third-order valence-corrected chi connectivity index (χ3v) is 7.56. The molecule has 0 aliphatic heterocycles. The van der Waals surface area contributed by atoms with Crippen molar-refractivity contribution in [2.24, 2.45) is 0 Å². The maximum Gasteiger partial charge on any atom is 0.273 e. The molecule has 0 unspecified atom stereocenters. The van der Waals surface area contributed by atoms with Gasteiger partial charge in [0.05, 0.1) is 17.8 Å². The van der Waals surface area contributed by atoms with E-state index in [0.29, 0.717) is 33.2 Å². The van der Waals surface area contributed by atoms with Crippen molar-refractivity contribution in [2.75, 3.05) is 11.8 Å². The number of thiazole rings is 1. The average molecular weight is 458 g/mol. The number of pyridine rings is 2. The first-order chi connectivity index (χ1) is 14.7. The molecule has 11 heteroatoms. The smallest absolute Gasteiger partial charge is 0.273 e. The van der Waals surface area contributed by atoms with Crippen LogP contribution in [-0.2, 0) is 10.0 Å². The number of fused-ring (bicyclic) bond motifs is 1. The van der Waals surface area contributed by atoms with Gasteiger partial charge in [-0.1, -0.05) is 0 Å². The predicted octanol–water partition coefficient (Wildman–Crippen LogP) is 2.95. The molecule has 9 nitrogen and oxygen atoms in total. The lowest BCUT2D eigenvalue weighted by molar-refractivity contribution is 0.400. The molecule has 4 aromatic rings. The standard InChI is InChI=1S/C20H19N5O4S2/c1-11-7-18(26)25-10-14(5-6-17(25)22-11)15-8-16(19(29-4)21-9-15)24-31(27,28)20-12(2)23-13(3)30-20/h5-10,24H,1-4H3. The second-order valence-electron chi connectivity index (χ2n) is 6.87. The summed E-state index contributed by atoms with van der Waals surface area (Å²) in [5, 5.41) is 0.655. The zero-order valence-electron chi connectivity index (χ0n) is 17.2. The van der Waals surface area contributed by atoms with Crippen molar-refractivity contribution < 1.29 is 13.2 Å². The summed E-state index contributed by atoms with van der Waals surface area (Å²) in [6, 6.07) is 6.57. The number of sulfonamides is 1. The highest BCUT2D eigenvalue weighted by atomic mass is 32.2. The zero-order chi connectivity index (χ0) is 22.3. The summed E-state index contributed by atoms with van der Waals surface area (Å²) in [7, 11) is -2.47. The van der Waals surface area contributed by atoms with E-state index >= 15 is 0 Å². The number of anilines is 1. The molecular weight excluding hydrogens is 438 g/mol. The molecular formula is C20H19N5O4S2. The first kappa shape index (κ1) is 20.9. The predicted molar refractivity (Wildman–Crippen MR) is 118 cm³/mol. The fraction of sp³-hybridized carbons (Fsp3) is 0.200. The van der Waals surface area contributed by atoms with Gasteiger partial charge in [-0.3, -0.25) is 13.9 Å². The molecule has 0 spiro atoms. The van der Waals surface area contributed by atoms with Crippen LogP contribution in [0.3, 0.4) is 0 Å². The molecule has 4 heterocycles. The maximum absolute atomic E-state index is 12.9. The third kappa shape index (κ3) is 4.01. The normalized spacial score (nSPS) is 11.6. The number of ether oxygens (including phenoxy) is 1. The Kier molecular flexibility index (Phi) is 5.23. The molecule has 31 heavy (non-hydrogen) atoms. The van der Waals surface area contributed by atoms with Crippen molar-refractivity contribution in [2.45, 2.75) is 25.0 Å². The van der Waals surface area contributed by atoms with Crippen molar-refractivity contribution in [1.82, 2.24) is 19.4 Å². The highest BCUT2D eigenvalue weighted by Crippen LogP contribution is 2.32. The van der Waals surface area contributed by atoms with Crippen molar-refractivity contribution >= 4 is 32.7 Å². The monoisotopic (exact) mass is 457 g/mol. The minimum Gasteiger partial charge on any atom is -0.480 e. The average Bonchev–Trinajstić information content (AvgIpc) is 3.06. The van der Waals surface area contributed by atoms with Crippen molar-refractivity contribution in [3.8, 4) is 17.0 Å². The van der Waals surface area contributed by atoms with Gasteiger partial charge in [-0.15, -0.1) is 11.3 Å². The Balaban J connectivity index is 1.79. The lowest BCUT2D eigenvalue weighted by Gasteiger charge is -2.12. The van der Waals surface area contributed by atoms with E-state index in [9.17, 15) is 13.2 Å². The van der Waals surface area contributed by atoms with Crippen molar-refractivity contribution in [3.63, 3.8) is 0 Å². The van der Waals surface area contributed by atoms with Crippen LogP contribution >= 0.6 is 11.3 Å². The van der Waals surface area contributed by atoms with Crippen LogP contribution in [0.5, 0.6) is 5.88 Å². The molecule has 4 rings (SSSR count). The molecule has 0 radical (unpaired) electrons. The lowest BCUT2D eigenvalue weighted by Crippen LogP contribution is -2.15. The van der Waals surface area contributed by atoms with Gasteiger partial charge in [-0.25, -0.2) is 23.4 Å². The van der Waals surface area contributed by atoms with Crippen LogP contribution in [0.25, 0.3) is 16.8 Å². The van der Waals surface area contributed by atoms with E-state index < -0.39 is 10.0 Å². The van der Waals surface area contributed by atoms with Crippen LogP contribution in [-0.4, -0.2) is 34.9 Å². The van der Waals surface area contributed by atoms with E-state index in [-0.39, 0.29) is 21.3 Å². The van der Waals surface area contributed by atoms with Gasteiger partial charge < -0.3 is 4.74 Å². The molecule has 4 aromatic heterocycles. The number of nitrogens with zero attached hydrogens (tertiary/aromatic N) is 4. The Labute approximate surface area is 182 Å². The largest absolute Gasteiger partial charge is 0.480 e. The van der Waals surface area contributed by atoms with Crippen molar-refractivity contribution in [1.29, 1.82) is 0 Å². The van der Waals surface area contributed by atoms with Gasteiger partial charge in [-0.2, -0.15) is 0 Å². The summed E-state index contributed by atoms with van der Waals surface area (Å²) in [5.74, 6) is 0.126. The van der Waals surface area contributed by atoms with Gasteiger partial charge in [-0.05, 0) is 39.0 Å². The van der Waals surface area contributed by atoms with Gasteiger partial charge in [0.15, 0.2) is 4.21 Å². The summed E-state index contributed by atoms with van der Waals surface area (Å²) in [6.45, 7) is 5.15. The van der Waals surface area contributed by atoms with Gasteiger partial charge in [0.2, 0.25) is 5.88 Å². The molecule has 0 fully saturated rings. The summed E-state index contributed by atoms with van der Waals surface area (Å²) in [4.78, 5) is 25.1. The quantitative estimate of drug-likeness (QED) is 0.490. The Bertz CT molecular complexity index is 1470. The molecule has 0 atom stereocenters. The zero-order valence-corrected chi connectivity index (χ0v) is 18.8. The Hall–Kier alpha value is -3.31. The molecule has 0 aliphatic carbocycles. The van der Waals surface area contributed by atoms with E-state index in [1.54, 1.807) is 51.4 Å². The number of methoxy groups -OCH3 is 1. The summed E-state index contributed by atoms with van der Waals surface area (Å²) < 4.78 is 35.2. The molecule has 0 saturated carbocycles. The first-order valence-corrected chi connectivity index (χ1v) is 11.5. The highest BCUT2D eigenvalue weighted by Gasteiger charge is 2.23. The SMILES string of the molecule is COc1ncc(-c2ccc3nc(C)cc(=O)n3c2)cc1NS(=O)(=O)c1sc(C)nc1C. The number of aryl methyl sites for hydroxylation is 3. The minimum absolute atomic E-state index is 0.126. The van der Waals surface area contributed by atoms with Crippen molar-refractivity contribution in [3.05, 3.63) is 63.4 Å². The molecule has 160 valence electrons. The number of rotatable bonds is 5. The topological polar surface area (TPSA) is 116 Å². The van der Waals surface area contributed by atoms with Crippen LogP contribution in [0.2, 0.25) is 0 Å². The number of hydrogen-bond donors (Lipinski definition) is 1. The van der Waals surface area contributed by atoms with E-state index in [1.807, 2.05) is 0 Å². The van der Waals surface area contributed by atoms with Gasteiger partial charge in [0.1, 0.15) is 11.3 Å². The van der Waals surface area contributed by atoms with E-state index in [4.69, 9.17) is 4.74 Å². The molecule has 0 saturated heterocycles. The van der Waals surface area contributed by atoms with Crippen LogP contribution in [0.15, 0.2) is 45.7 Å². The maximum atomic E-state index is 12.9. The van der Waals surface area contributed by atoms with Crippen LogP contribution in [0, 0.1) is 20.8 Å². The molecule has 0 amide bonds. The first-order valence-electron chi connectivity index (χ1n) is 9.19. The molecule has 1 N–H and O–H groups in total. The van der Waals surface area contributed by atoms with Gasteiger partial charge in [0, 0.05) is 35.3 Å². The minimum atomic E-state index is -3.88. The summed E-state index contributed by atoms with van der Waals surface area (Å²) in [6.07, 6.45) is 3.19. The second kappa shape index (κ2) is 7.75. The van der Waals surface area contributed by atoms with Gasteiger partial charge >= 0.3 is 0 Å². The van der Waals surface area contributed by atoms with Crippen LogP contribution < -0.4 is 15.0 Å². The number of hydrogen-bond acceptors (Lipinski definition) is 8. The second-order valence-corrected chi connectivity index (χ2v) is 9.95. The Morgan fingerprint density at radius 1 is 1.10 bits per heavy atom. The Morgan fingerprint density at radius 2 is 1.87 bits per heavy atom. The lowest BCUT2D eigenvalue weighted by atomic mass is 10.1. The third-order valence-electron chi connectivity index (χ3n) is 4.51. The number of aromatic nitrogens is 4. The van der Waals surface area contributed by atoms with E-state index in [2.05, 4.69) is 19.7 Å². The fourth-order valence-electron chi connectivity index (χ4n) is 3.19. The highest BCUT2D eigenvalue weighted by molar-refractivity contribution is 7.94. The molecule has 0 bridgehead atoms. The number of nitrogens with one attached hydrogen (secondary N) is 1. The summed E-state index contributed by atoms with van der Waals surface area (Å²) in [5.41, 5.74) is 2.82. The van der Waals surface area contributed by atoms with E-state index in [0.717, 1.165) is 11.3 Å². The Morgan fingerprint density at radius 3 is 2.55 bits per heavy atom. The van der Waals surface area contributed by atoms with E-state index in [1.165, 1.54) is 17.6 Å². The van der Waals surface area contributed by atoms with Gasteiger partial charge in [0.25, 0.3) is 15.6 Å². The summed E-state index contributed by atoms with van der Waals surface area (Å²) >= 11 is 1.09. The van der Waals surface area contributed by atoms with Crippen LogP contribution in [0.1, 0.15) is 16.4 Å². The molecule has 0 aliphatic rings.